The molecule has 1 aliphatic heterocycles. The van der Waals surface area contributed by atoms with Gasteiger partial charge in [0, 0.05) is 12.2 Å². The summed E-state index contributed by atoms with van der Waals surface area (Å²) >= 11 is 0. The Kier molecular flexibility index (Phi) is 5.03. The van der Waals surface area contributed by atoms with Gasteiger partial charge in [-0.3, -0.25) is 4.79 Å². The minimum atomic E-state index is -0.501. The topological polar surface area (TPSA) is 55.8 Å². The zero-order valence-electron chi connectivity index (χ0n) is 14.5. The minimum absolute atomic E-state index is 0.202. The van der Waals surface area contributed by atoms with Crippen LogP contribution in [-0.2, 0) is 16.0 Å². The molecule has 0 unspecified atom stereocenters. The van der Waals surface area contributed by atoms with E-state index in [1.54, 1.807) is 30.2 Å². The monoisotopic (exact) mass is 339 g/mol. The summed E-state index contributed by atoms with van der Waals surface area (Å²) in [4.78, 5) is 26.5. The molecule has 1 heterocycles. The van der Waals surface area contributed by atoms with Crippen LogP contribution < -0.4 is 9.64 Å². The van der Waals surface area contributed by atoms with Crippen LogP contribution in [0.2, 0.25) is 0 Å². The summed E-state index contributed by atoms with van der Waals surface area (Å²) in [5, 5.41) is 0. The summed E-state index contributed by atoms with van der Waals surface area (Å²) in [5.41, 5.74) is 3.25. The highest BCUT2D eigenvalue weighted by Crippen LogP contribution is 2.26. The van der Waals surface area contributed by atoms with Gasteiger partial charge in [0.25, 0.3) is 5.91 Å². The molecule has 1 aliphatic rings. The van der Waals surface area contributed by atoms with Gasteiger partial charge in [0.1, 0.15) is 5.75 Å². The molecular formula is C20H21NO4. The van der Waals surface area contributed by atoms with Gasteiger partial charge in [-0.1, -0.05) is 18.2 Å². The average Bonchev–Trinajstić information content (AvgIpc) is 2.65. The standard InChI is InChI=1S/C20H21NO4/c1-14-12-16(24-2)9-10-17(14)20(23)25-13-19(22)21-11-5-7-15-6-3-4-8-18(15)21/h3-4,6,8-10,12H,5,7,11,13H2,1-2H3. The van der Waals surface area contributed by atoms with Crippen molar-refractivity contribution in [1.82, 2.24) is 0 Å². The smallest absolute Gasteiger partial charge is 0.338 e. The van der Waals surface area contributed by atoms with Crippen LogP contribution in [-0.4, -0.2) is 32.1 Å². The highest BCUT2D eigenvalue weighted by atomic mass is 16.5. The number of nitrogens with zero attached hydrogens (tertiary/aromatic N) is 1. The number of anilines is 1. The van der Waals surface area contributed by atoms with Crippen LogP contribution in [0.25, 0.3) is 0 Å². The second-order valence-corrected chi connectivity index (χ2v) is 6.03. The Balaban J connectivity index is 1.66. The summed E-state index contributed by atoms with van der Waals surface area (Å²) < 4.78 is 10.4. The molecular weight excluding hydrogens is 318 g/mol. The number of para-hydroxylation sites is 1. The fourth-order valence-electron chi connectivity index (χ4n) is 3.07. The van der Waals surface area contributed by atoms with Gasteiger partial charge in [-0.2, -0.15) is 0 Å². The molecule has 0 atom stereocenters. The maximum absolute atomic E-state index is 12.5. The molecule has 2 aromatic carbocycles. The zero-order valence-corrected chi connectivity index (χ0v) is 14.5. The summed E-state index contributed by atoms with van der Waals surface area (Å²) in [6.45, 7) is 2.19. The molecule has 0 radical (unpaired) electrons. The number of rotatable bonds is 4. The predicted octanol–water partition coefficient (Wildman–Crippen LogP) is 3.14. The SMILES string of the molecule is COc1ccc(C(=O)OCC(=O)N2CCCc3ccccc32)c(C)c1. The van der Waals surface area contributed by atoms with Crippen molar-refractivity contribution in [3.63, 3.8) is 0 Å². The van der Waals surface area contributed by atoms with E-state index in [4.69, 9.17) is 9.47 Å². The van der Waals surface area contributed by atoms with Gasteiger partial charge in [0.2, 0.25) is 0 Å². The van der Waals surface area contributed by atoms with Gasteiger partial charge in [0.05, 0.1) is 12.7 Å². The number of amides is 1. The molecule has 0 saturated heterocycles. The third-order valence-corrected chi connectivity index (χ3v) is 4.39. The summed E-state index contributed by atoms with van der Waals surface area (Å²) in [6, 6.07) is 13.0. The van der Waals surface area contributed by atoms with E-state index in [-0.39, 0.29) is 12.5 Å². The van der Waals surface area contributed by atoms with Gasteiger partial charge in [-0.05, 0) is 55.2 Å². The van der Waals surface area contributed by atoms with E-state index >= 15 is 0 Å². The number of fused-ring (bicyclic) bond motifs is 1. The average molecular weight is 339 g/mol. The Labute approximate surface area is 147 Å². The number of ether oxygens (including phenoxy) is 2. The predicted molar refractivity (Wildman–Crippen MR) is 95.1 cm³/mol. The summed E-state index contributed by atoms with van der Waals surface area (Å²) in [6.07, 6.45) is 1.87. The molecule has 0 aromatic heterocycles. The summed E-state index contributed by atoms with van der Waals surface area (Å²) in [7, 11) is 1.57. The fraction of sp³-hybridized carbons (Fsp3) is 0.300. The maximum atomic E-state index is 12.5. The first-order chi connectivity index (χ1) is 12.1. The normalized spacial score (nSPS) is 13.1. The van der Waals surface area contributed by atoms with Crippen molar-refractivity contribution in [2.45, 2.75) is 19.8 Å². The number of hydrogen-bond donors (Lipinski definition) is 0. The Bertz CT molecular complexity index is 800. The molecule has 5 nitrogen and oxygen atoms in total. The van der Waals surface area contributed by atoms with E-state index in [1.807, 2.05) is 31.2 Å². The highest BCUT2D eigenvalue weighted by Gasteiger charge is 2.23. The van der Waals surface area contributed by atoms with Crippen LogP contribution >= 0.6 is 0 Å². The quantitative estimate of drug-likeness (QED) is 0.803. The number of carbonyl (C=O) groups is 2. The van der Waals surface area contributed by atoms with E-state index < -0.39 is 5.97 Å². The first-order valence-corrected chi connectivity index (χ1v) is 8.30. The number of esters is 1. The Morgan fingerprint density at radius 2 is 1.96 bits per heavy atom. The molecule has 1 amide bonds. The van der Waals surface area contributed by atoms with Crippen LogP contribution in [0.4, 0.5) is 5.69 Å². The summed E-state index contributed by atoms with van der Waals surface area (Å²) in [5.74, 6) is -0.0273. The number of aryl methyl sites for hydroxylation is 2. The van der Waals surface area contributed by atoms with Crippen LogP contribution in [0, 0.1) is 6.92 Å². The van der Waals surface area contributed by atoms with E-state index in [9.17, 15) is 9.59 Å². The Hall–Kier alpha value is -2.82. The lowest BCUT2D eigenvalue weighted by Gasteiger charge is -2.29. The maximum Gasteiger partial charge on any atom is 0.338 e. The van der Waals surface area contributed by atoms with Crippen molar-refractivity contribution in [1.29, 1.82) is 0 Å². The van der Waals surface area contributed by atoms with E-state index in [1.165, 1.54) is 0 Å². The lowest BCUT2D eigenvalue weighted by molar-refractivity contribution is -0.121. The Morgan fingerprint density at radius 1 is 1.16 bits per heavy atom. The molecule has 0 fully saturated rings. The molecule has 3 rings (SSSR count). The van der Waals surface area contributed by atoms with Crippen LogP contribution in [0.3, 0.4) is 0 Å². The van der Waals surface area contributed by atoms with Gasteiger partial charge in [0.15, 0.2) is 6.61 Å². The fourth-order valence-corrected chi connectivity index (χ4v) is 3.07. The third-order valence-electron chi connectivity index (χ3n) is 4.39. The zero-order chi connectivity index (χ0) is 17.8. The number of carbonyl (C=O) groups excluding carboxylic acids is 2. The minimum Gasteiger partial charge on any atom is -0.497 e. The van der Waals surface area contributed by atoms with Crippen molar-refractivity contribution < 1.29 is 19.1 Å². The van der Waals surface area contributed by atoms with Crippen molar-refractivity contribution in [2.75, 3.05) is 25.2 Å². The lowest BCUT2D eigenvalue weighted by atomic mass is 10.0. The molecule has 2 aromatic rings. The third kappa shape index (κ3) is 3.65. The van der Waals surface area contributed by atoms with Crippen molar-refractivity contribution in [3.8, 4) is 5.75 Å². The van der Waals surface area contributed by atoms with Crippen molar-refractivity contribution >= 4 is 17.6 Å². The van der Waals surface area contributed by atoms with E-state index in [0.717, 1.165) is 29.7 Å². The van der Waals surface area contributed by atoms with Crippen LogP contribution in [0.5, 0.6) is 5.75 Å². The van der Waals surface area contributed by atoms with Gasteiger partial charge < -0.3 is 14.4 Å². The van der Waals surface area contributed by atoms with Crippen molar-refractivity contribution in [3.05, 3.63) is 59.2 Å². The van der Waals surface area contributed by atoms with Gasteiger partial charge in [-0.25, -0.2) is 4.79 Å². The highest BCUT2D eigenvalue weighted by molar-refractivity contribution is 5.98. The number of hydrogen-bond acceptors (Lipinski definition) is 4. The molecule has 0 saturated carbocycles. The molecule has 5 heteroatoms. The van der Waals surface area contributed by atoms with Crippen LogP contribution in [0.15, 0.2) is 42.5 Å². The second kappa shape index (κ2) is 7.38. The van der Waals surface area contributed by atoms with E-state index in [0.29, 0.717) is 17.9 Å². The Morgan fingerprint density at radius 3 is 2.72 bits per heavy atom. The molecule has 0 spiro atoms. The van der Waals surface area contributed by atoms with Crippen LogP contribution in [0.1, 0.15) is 27.9 Å². The molecule has 130 valence electrons. The second-order valence-electron chi connectivity index (χ2n) is 6.03. The van der Waals surface area contributed by atoms with Gasteiger partial charge in [-0.15, -0.1) is 0 Å². The first-order valence-electron chi connectivity index (χ1n) is 8.30. The number of methoxy groups -OCH3 is 1. The largest absolute Gasteiger partial charge is 0.497 e. The lowest BCUT2D eigenvalue weighted by Crippen LogP contribution is -2.38. The first kappa shape index (κ1) is 17.0. The number of benzene rings is 2. The molecule has 25 heavy (non-hydrogen) atoms. The molecule has 0 aliphatic carbocycles. The van der Waals surface area contributed by atoms with Crippen molar-refractivity contribution in [2.24, 2.45) is 0 Å². The molecule has 0 bridgehead atoms. The molecule has 0 N–H and O–H groups in total. The van der Waals surface area contributed by atoms with Gasteiger partial charge >= 0.3 is 5.97 Å². The van der Waals surface area contributed by atoms with E-state index in [2.05, 4.69) is 0 Å².